The summed E-state index contributed by atoms with van der Waals surface area (Å²) < 4.78 is 8.27. The number of hydrogen-bond donors (Lipinski definition) is 1. The van der Waals surface area contributed by atoms with E-state index in [1.807, 2.05) is 18.2 Å². The molecule has 1 fully saturated rings. The van der Waals surface area contributed by atoms with E-state index in [0.29, 0.717) is 6.54 Å². The van der Waals surface area contributed by atoms with Gasteiger partial charge >= 0.3 is 6.03 Å². The van der Waals surface area contributed by atoms with E-state index in [1.165, 1.54) is 19.0 Å². The predicted octanol–water partition coefficient (Wildman–Crippen LogP) is 0.590. The second kappa shape index (κ2) is 5.92. The molecular formula is C14H15N5O3S. The average Bonchev–Trinajstić information content (AvgIpc) is 3.08. The molecule has 8 nitrogen and oxygen atoms in total. The van der Waals surface area contributed by atoms with Crippen LogP contribution in [-0.4, -0.2) is 56.5 Å². The van der Waals surface area contributed by atoms with E-state index in [1.54, 1.807) is 0 Å². The molecule has 23 heavy (non-hydrogen) atoms. The van der Waals surface area contributed by atoms with Gasteiger partial charge in [0.2, 0.25) is 5.91 Å². The second-order valence-corrected chi connectivity index (χ2v) is 5.90. The summed E-state index contributed by atoms with van der Waals surface area (Å²) in [4.78, 5) is 38.0. The van der Waals surface area contributed by atoms with Gasteiger partial charge < -0.3 is 10.2 Å². The van der Waals surface area contributed by atoms with Crippen molar-refractivity contribution >= 4 is 40.6 Å². The van der Waals surface area contributed by atoms with Crippen molar-refractivity contribution < 1.29 is 14.4 Å². The van der Waals surface area contributed by atoms with E-state index in [-0.39, 0.29) is 18.2 Å². The molecule has 0 spiro atoms. The maximum Gasteiger partial charge on any atom is 0.326 e. The van der Waals surface area contributed by atoms with E-state index < -0.39 is 12.1 Å². The quantitative estimate of drug-likeness (QED) is 0.826. The Morgan fingerprint density at radius 3 is 2.70 bits per heavy atom. The number of hydrogen-bond acceptors (Lipinski definition) is 6. The zero-order valence-electron chi connectivity index (χ0n) is 12.6. The van der Waals surface area contributed by atoms with Crippen LogP contribution in [0.5, 0.6) is 0 Å². The lowest BCUT2D eigenvalue weighted by atomic mass is 10.1. The summed E-state index contributed by atoms with van der Waals surface area (Å²) in [6.07, 6.45) is -0.0497. The number of aromatic nitrogens is 2. The molecule has 2 heterocycles. The summed E-state index contributed by atoms with van der Waals surface area (Å²) in [6, 6.07) is 4.45. The smallest absolute Gasteiger partial charge is 0.326 e. The molecule has 0 bridgehead atoms. The Balaban J connectivity index is 1.59. The first-order valence-corrected chi connectivity index (χ1v) is 7.72. The van der Waals surface area contributed by atoms with Crippen LogP contribution < -0.4 is 5.32 Å². The molecule has 1 aromatic heterocycles. The van der Waals surface area contributed by atoms with Gasteiger partial charge in [-0.25, -0.2) is 4.79 Å². The number of likely N-dealkylation sites (N-methyl/N-ethyl adjacent to an activating group) is 2. The molecule has 1 atom stereocenters. The Morgan fingerprint density at radius 1 is 1.26 bits per heavy atom. The standard InChI is InChI=1S/C14H15N5O3S/c1-18-11(13(21)19(2)14(18)22)6-12(20)15-7-8-3-4-9-10(5-8)17-23-16-9/h3-5,11H,6-7H2,1-2H3,(H,15,20)/t11-/m1/s1. The highest BCUT2D eigenvalue weighted by molar-refractivity contribution is 7.00. The van der Waals surface area contributed by atoms with Crippen molar-refractivity contribution in [2.75, 3.05) is 14.1 Å². The van der Waals surface area contributed by atoms with E-state index >= 15 is 0 Å². The first-order valence-electron chi connectivity index (χ1n) is 6.99. The van der Waals surface area contributed by atoms with E-state index in [9.17, 15) is 14.4 Å². The van der Waals surface area contributed by atoms with Crippen LogP contribution in [-0.2, 0) is 16.1 Å². The highest BCUT2D eigenvalue weighted by atomic mass is 32.1. The number of fused-ring (bicyclic) bond motifs is 1. The molecule has 1 aliphatic heterocycles. The second-order valence-electron chi connectivity index (χ2n) is 5.37. The Morgan fingerprint density at radius 2 is 2.00 bits per heavy atom. The molecule has 9 heteroatoms. The largest absolute Gasteiger partial charge is 0.352 e. The Labute approximate surface area is 136 Å². The molecule has 1 aliphatic rings. The Hall–Kier alpha value is -2.55. The lowest BCUT2D eigenvalue weighted by molar-refractivity contribution is -0.131. The molecule has 1 saturated heterocycles. The third-order valence-corrected chi connectivity index (χ3v) is 4.42. The van der Waals surface area contributed by atoms with Crippen molar-refractivity contribution in [3.05, 3.63) is 23.8 Å². The summed E-state index contributed by atoms with van der Waals surface area (Å²) in [5, 5.41) is 2.76. The third-order valence-electron chi connectivity index (χ3n) is 3.86. The number of carbonyl (C=O) groups excluding carboxylic acids is 3. The summed E-state index contributed by atoms with van der Waals surface area (Å²) in [5.74, 6) is -0.641. The molecule has 1 N–H and O–H groups in total. The highest BCUT2D eigenvalue weighted by Gasteiger charge is 2.41. The monoisotopic (exact) mass is 333 g/mol. The van der Waals surface area contributed by atoms with Gasteiger partial charge in [0.1, 0.15) is 17.1 Å². The summed E-state index contributed by atoms with van der Waals surface area (Å²) >= 11 is 1.14. The van der Waals surface area contributed by atoms with Crippen molar-refractivity contribution in [1.29, 1.82) is 0 Å². The number of nitrogens with zero attached hydrogens (tertiary/aromatic N) is 4. The van der Waals surface area contributed by atoms with Gasteiger partial charge in [0.25, 0.3) is 5.91 Å². The zero-order chi connectivity index (χ0) is 16.6. The lowest BCUT2D eigenvalue weighted by Gasteiger charge is -2.15. The van der Waals surface area contributed by atoms with Crippen molar-refractivity contribution in [3.63, 3.8) is 0 Å². The number of nitrogens with one attached hydrogen (secondary N) is 1. The van der Waals surface area contributed by atoms with Crippen LogP contribution in [0.3, 0.4) is 0 Å². The molecule has 120 valence electrons. The number of imide groups is 1. The SMILES string of the molecule is CN1C(=O)[C@@H](CC(=O)NCc2ccc3nsnc3c2)N(C)C1=O. The summed E-state index contributed by atoms with van der Waals surface area (Å²) in [6.45, 7) is 0.334. The average molecular weight is 333 g/mol. The van der Waals surface area contributed by atoms with Gasteiger partial charge in [-0.15, -0.1) is 0 Å². The minimum atomic E-state index is -0.738. The fraction of sp³-hybridized carbons (Fsp3) is 0.357. The van der Waals surface area contributed by atoms with Crippen LogP contribution >= 0.6 is 11.7 Å². The predicted molar refractivity (Wildman–Crippen MR) is 83.6 cm³/mol. The lowest BCUT2D eigenvalue weighted by Crippen LogP contribution is -2.37. The van der Waals surface area contributed by atoms with Crippen molar-refractivity contribution in [2.45, 2.75) is 19.0 Å². The molecule has 1 aromatic carbocycles. The minimum absolute atomic E-state index is 0.0497. The van der Waals surface area contributed by atoms with E-state index in [2.05, 4.69) is 14.1 Å². The topological polar surface area (TPSA) is 95.5 Å². The van der Waals surface area contributed by atoms with Crippen LogP contribution in [0.4, 0.5) is 4.79 Å². The van der Waals surface area contributed by atoms with Crippen molar-refractivity contribution in [1.82, 2.24) is 23.9 Å². The van der Waals surface area contributed by atoms with Gasteiger partial charge in [0.15, 0.2) is 0 Å². The normalized spacial score (nSPS) is 18.1. The minimum Gasteiger partial charge on any atom is -0.352 e. The zero-order valence-corrected chi connectivity index (χ0v) is 13.5. The number of carbonyl (C=O) groups is 3. The van der Waals surface area contributed by atoms with Gasteiger partial charge in [-0.1, -0.05) is 6.07 Å². The number of benzene rings is 1. The van der Waals surface area contributed by atoms with Gasteiger partial charge in [0, 0.05) is 20.6 Å². The van der Waals surface area contributed by atoms with Crippen molar-refractivity contribution in [3.8, 4) is 0 Å². The first-order chi connectivity index (χ1) is 11.0. The van der Waals surface area contributed by atoms with Crippen molar-refractivity contribution in [2.24, 2.45) is 0 Å². The van der Waals surface area contributed by atoms with Crippen LogP contribution in [0.1, 0.15) is 12.0 Å². The highest BCUT2D eigenvalue weighted by Crippen LogP contribution is 2.17. The third kappa shape index (κ3) is 2.87. The summed E-state index contributed by atoms with van der Waals surface area (Å²) in [5.41, 5.74) is 2.52. The van der Waals surface area contributed by atoms with E-state index in [4.69, 9.17) is 0 Å². The molecule has 0 saturated carbocycles. The van der Waals surface area contributed by atoms with E-state index in [0.717, 1.165) is 33.2 Å². The van der Waals surface area contributed by atoms with Gasteiger partial charge in [-0.3, -0.25) is 14.5 Å². The van der Waals surface area contributed by atoms with Crippen LogP contribution in [0.2, 0.25) is 0 Å². The summed E-state index contributed by atoms with van der Waals surface area (Å²) in [7, 11) is 2.93. The van der Waals surface area contributed by atoms with Gasteiger partial charge in [-0.2, -0.15) is 8.75 Å². The molecule has 2 aromatic rings. The van der Waals surface area contributed by atoms with Crippen LogP contribution in [0.15, 0.2) is 18.2 Å². The first kappa shape index (κ1) is 15.3. The molecule has 3 rings (SSSR count). The van der Waals surface area contributed by atoms with Crippen LogP contribution in [0.25, 0.3) is 11.0 Å². The molecule has 0 aliphatic carbocycles. The van der Waals surface area contributed by atoms with Gasteiger partial charge in [0.05, 0.1) is 18.1 Å². The number of rotatable bonds is 4. The van der Waals surface area contributed by atoms with Crippen LogP contribution in [0, 0.1) is 0 Å². The fourth-order valence-corrected chi connectivity index (χ4v) is 2.98. The Kier molecular flexibility index (Phi) is 3.95. The number of urea groups is 1. The maximum absolute atomic E-state index is 12.0. The fourth-order valence-electron chi connectivity index (χ4n) is 2.46. The maximum atomic E-state index is 12.0. The number of amides is 4. The molecule has 0 radical (unpaired) electrons. The molecule has 0 unspecified atom stereocenters. The van der Waals surface area contributed by atoms with Gasteiger partial charge in [-0.05, 0) is 17.7 Å². The molecular weight excluding hydrogens is 318 g/mol. The molecule has 4 amide bonds. The Bertz CT molecular complexity index is 790.